The molecule has 5 heteroatoms. The number of nitrogens with zero attached hydrogens (tertiary/aromatic N) is 1. The summed E-state index contributed by atoms with van der Waals surface area (Å²) in [4.78, 5) is 3.86. The normalized spacial score (nSPS) is 13.7. The second-order valence-corrected chi connectivity index (χ2v) is 3.00. The quantitative estimate of drug-likeness (QED) is 0.623. The lowest BCUT2D eigenvalue weighted by molar-refractivity contribution is 0.505. The summed E-state index contributed by atoms with van der Waals surface area (Å²) >= 11 is 6.39. The van der Waals surface area contributed by atoms with Crippen molar-refractivity contribution in [2.75, 3.05) is 18.5 Å². The highest BCUT2D eigenvalue weighted by Gasteiger charge is 1.99. The van der Waals surface area contributed by atoms with Gasteiger partial charge in [0, 0.05) is 17.1 Å². The second-order valence-electron chi connectivity index (χ2n) is 1.69. The fourth-order valence-electron chi connectivity index (χ4n) is 0.410. The molecule has 0 aliphatic heterocycles. The van der Waals surface area contributed by atoms with E-state index >= 15 is 0 Å². The van der Waals surface area contributed by atoms with Gasteiger partial charge in [-0.25, -0.2) is 4.39 Å². The maximum Gasteiger partial charge on any atom is 0.109 e. The van der Waals surface area contributed by atoms with Crippen molar-refractivity contribution in [1.82, 2.24) is 0 Å². The smallest absolute Gasteiger partial charge is 0.109 e. The largest absolute Gasteiger partial charge is 0.404 e. The molecule has 0 unspecified atom stereocenters. The number of halogens is 3. The van der Waals surface area contributed by atoms with Crippen molar-refractivity contribution in [1.29, 1.82) is 0 Å². The minimum Gasteiger partial charge on any atom is -0.404 e. The van der Waals surface area contributed by atoms with Crippen LogP contribution in [-0.4, -0.2) is 23.2 Å². The molecule has 2 nitrogen and oxygen atoms in total. The van der Waals surface area contributed by atoms with Gasteiger partial charge in [-0.2, -0.15) is 0 Å². The van der Waals surface area contributed by atoms with Gasteiger partial charge in [0.05, 0.1) is 6.54 Å². The number of hydrogen-bond donors (Lipinski definition) is 1. The lowest BCUT2D eigenvalue weighted by Gasteiger charge is -1.98. The Hall–Kier alpha value is 0.1000. The highest BCUT2D eigenvalue weighted by molar-refractivity contribution is 9.18. The molecule has 64 valence electrons. The van der Waals surface area contributed by atoms with Crippen LogP contribution in [0.2, 0.25) is 0 Å². The number of allylic oxidation sites excluding steroid dienone is 1. The minimum absolute atomic E-state index is 0.172. The molecular formula is C6H9Br2FN2. The molecule has 0 saturated carbocycles. The van der Waals surface area contributed by atoms with Crippen molar-refractivity contribution in [2.45, 2.75) is 0 Å². The van der Waals surface area contributed by atoms with Crippen molar-refractivity contribution < 1.29 is 4.39 Å². The minimum atomic E-state index is -0.449. The lowest BCUT2D eigenvalue weighted by Crippen LogP contribution is -2.00. The van der Waals surface area contributed by atoms with Crippen LogP contribution in [-0.2, 0) is 0 Å². The van der Waals surface area contributed by atoms with Gasteiger partial charge in [0.1, 0.15) is 11.3 Å². The Balaban J connectivity index is 4.08. The Morgan fingerprint density at radius 2 is 2.27 bits per heavy atom. The number of nitrogens with two attached hydrogens (primary N) is 1. The van der Waals surface area contributed by atoms with Gasteiger partial charge in [0.2, 0.25) is 0 Å². The molecule has 0 aromatic carbocycles. The monoisotopic (exact) mass is 286 g/mol. The van der Waals surface area contributed by atoms with Crippen molar-refractivity contribution >= 4 is 36.5 Å². The molecule has 0 aliphatic carbocycles. The summed E-state index contributed by atoms with van der Waals surface area (Å²) in [7, 11) is 0. The summed E-state index contributed by atoms with van der Waals surface area (Å²) in [6.45, 7) is -0.278. The van der Waals surface area contributed by atoms with E-state index in [1.165, 1.54) is 6.20 Å². The topological polar surface area (TPSA) is 38.4 Å². The first-order valence-electron chi connectivity index (χ1n) is 2.99. The first-order valence-corrected chi connectivity index (χ1v) is 4.90. The zero-order valence-electron chi connectivity index (χ0n) is 5.86. The molecule has 0 saturated heterocycles. The van der Waals surface area contributed by atoms with Crippen molar-refractivity contribution in [3.8, 4) is 0 Å². The Morgan fingerprint density at radius 3 is 2.64 bits per heavy atom. The summed E-state index contributed by atoms with van der Waals surface area (Å²) in [5.41, 5.74) is 6.08. The van der Waals surface area contributed by atoms with E-state index in [1.54, 1.807) is 0 Å². The van der Waals surface area contributed by atoms with Crippen LogP contribution in [0.5, 0.6) is 0 Å². The molecule has 0 aromatic rings. The standard InChI is InChI=1S/C6H9Br2FN2/c7-3-5(4-10)6(8)11-2-1-9/h4H,1-3,10H2. The number of rotatable bonds is 4. The number of alkyl halides is 2. The molecule has 0 atom stereocenters. The molecule has 2 N–H and O–H groups in total. The molecule has 0 heterocycles. The predicted molar refractivity (Wildman–Crippen MR) is 53.3 cm³/mol. The van der Waals surface area contributed by atoms with Crippen LogP contribution in [0.1, 0.15) is 0 Å². The van der Waals surface area contributed by atoms with Crippen LogP contribution in [0.25, 0.3) is 0 Å². The Bertz CT molecular complexity index is 168. The van der Waals surface area contributed by atoms with E-state index < -0.39 is 6.67 Å². The molecular weight excluding hydrogens is 279 g/mol. The van der Waals surface area contributed by atoms with E-state index in [-0.39, 0.29) is 6.54 Å². The molecule has 0 spiro atoms. The molecule has 0 amide bonds. The third-order valence-corrected chi connectivity index (χ3v) is 2.31. The molecule has 0 radical (unpaired) electrons. The van der Waals surface area contributed by atoms with E-state index in [9.17, 15) is 4.39 Å². The van der Waals surface area contributed by atoms with Gasteiger partial charge in [-0.3, -0.25) is 4.99 Å². The maximum atomic E-state index is 11.6. The van der Waals surface area contributed by atoms with Crippen LogP contribution in [0.15, 0.2) is 16.8 Å². The average molecular weight is 288 g/mol. The molecule has 0 aromatic heterocycles. The third kappa shape index (κ3) is 4.53. The van der Waals surface area contributed by atoms with E-state index in [1.807, 2.05) is 0 Å². The fraction of sp³-hybridized carbons (Fsp3) is 0.500. The summed E-state index contributed by atoms with van der Waals surface area (Å²) in [5, 5.41) is 0.611. The zero-order chi connectivity index (χ0) is 8.69. The molecule has 0 fully saturated rings. The lowest BCUT2D eigenvalue weighted by atomic mass is 10.4. The average Bonchev–Trinajstić information content (AvgIpc) is 2.03. The first-order chi connectivity index (χ1) is 5.26. The van der Waals surface area contributed by atoms with Gasteiger partial charge in [0.15, 0.2) is 0 Å². The Labute approximate surface area is 82.0 Å². The summed E-state index contributed by atoms with van der Waals surface area (Å²) in [6, 6.07) is 0. The highest BCUT2D eigenvalue weighted by Crippen LogP contribution is 2.06. The third-order valence-electron chi connectivity index (χ3n) is 0.945. The van der Waals surface area contributed by atoms with Crippen LogP contribution < -0.4 is 5.73 Å². The molecule has 11 heavy (non-hydrogen) atoms. The van der Waals surface area contributed by atoms with E-state index in [0.29, 0.717) is 9.95 Å². The van der Waals surface area contributed by atoms with Crippen LogP contribution in [0.3, 0.4) is 0 Å². The first kappa shape index (κ1) is 11.1. The van der Waals surface area contributed by atoms with E-state index in [0.717, 1.165) is 5.57 Å². The van der Waals surface area contributed by atoms with Crippen LogP contribution in [0, 0.1) is 0 Å². The Kier molecular flexibility index (Phi) is 6.85. The number of aliphatic imine (C=N–C) groups is 1. The maximum absolute atomic E-state index is 11.6. The Morgan fingerprint density at radius 1 is 1.64 bits per heavy atom. The van der Waals surface area contributed by atoms with Gasteiger partial charge in [-0.1, -0.05) is 15.9 Å². The molecule has 0 bridgehead atoms. The second kappa shape index (κ2) is 6.79. The van der Waals surface area contributed by atoms with E-state index in [4.69, 9.17) is 5.73 Å². The summed E-state index contributed by atoms with van der Waals surface area (Å²) in [5.74, 6) is 0. The van der Waals surface area contributed by atoms with Gasteiger partial charge < -0.3 is 5.73 Å². The number of hydrogen-bond acceptors (Lipinski definition) is 2. The van der Waals surface area contributed by atoms with Crippen molar-refractivity contribution in [3.05, 3.63) is 11.8 Å². The van der Waals surface area contributed by atoms with Gasteiger partial charge in [-0.15, -0.1) is 0 Å². The summed E-state index contributed by atoms with van der Waals surface area (Å²) < 4.78 is 12.2. The van der Waals surface area contributed by atoms with Crippen molar-refractivity contribution in [3.63, 3.8) is 0 Å². The molecule has 0 aliphatic rings. The van der Waals surface area contributed by atoms with Gasteiger partial charge in [0.25, 0.3) is 0 Å². The van der Waals surface area contributed by atoms with Gasteiger partial charge >= 0.3 is 0 Å². The van der Waals surface area contributed by atoms with E-state index in [2.05, 4.69) is 36.9 Å². The van der Waals surface area contributed by atoms with Gasteiger partial charge in [-0.05, 0) is 15.9 Å². The predicted octanol–water partition coefficient (Wildman–Crippen LogP) is 1.99. The zero-order valence-corrected chi connectivity index (χ0v) is 9.03. The van der Waals surface area contributed by atoms with Crippen molar-refractivity contribution in [2.24, 2.45) is 10.7 Å². The van der Waals surface area contributed by atoms with Crippen LogP contribution in [0.4, 0.5) is 4.39 Å². The fourth-order valence-corrected chi connectivity index (χ4v) is 1.69. The highest BCUT2D eigenvalue weighted by atomic mass is 79.9. The van der Waals surface area contributed by atoms with Crippen LogP contribution >= 0.6 is 31.9 Å². The summed E-state index contributed by atoms with van der Waals surface area (Å²) in [6.07, 6.45) is 1.43. The molecule has 0 rings (SSSR count). The SMILES string of the molecule is NC=C(CBr)C(Br)=NCCF.